The topological polar surface area (TPSA) is 55.1 Å². The Morgan fingerprint density at radius 2 is 1.91 bits per heavy atom. The summed E-state index contributed by atoms with van der Waals surface area (Å²) in [6.07, 6.45) is 5.11. The van der Waals surface area contributed by atoms with E-state index < -0.39 is 0 Å². The monoisotopic (exact) mass is 155 g/mol. The number of amides is 1. The molecule has 3 heteroatoms. The lowest BCUT2D eigenvalue weighted by atomic mass is 9.86. The summed E-state index contributed by atoms with van der Waals surface area (Å²) in [6, 6.07) is 0.385. The van der Waals surface area contributed by atoms with Gasteiger partial charge in [0.05, 0.1) is 6.54 Å². The first kappa shape index (κ1) is 8.53. The van der Waals surface area contributed by atoms with E-state index in [0.717, 1.165) is 25.7 Å². The van der Waals surface area contributed by atoms with Crippen molar-refractivity contribution >= 4 is 6.41 Å². The first-order chi connectivity index (χ1) is 5.33. The zero-order valence-corrected chi connectivity index (χ0v) is 6.62. The van der Waals surface area contributed by atoms with Gasteiger partial charge < -0.3 is 11.1 Å². The van der Waals surface area contributed by atoms with Crippen LogP contribution in [-0.4, -0.2) is 12.5 Å². The largest absolute Gasteiger partial charge is 0.354 e. The Balaban J connectivity index is 2.12. The van der Waals surface area contributed by atoms with Gasteiger partial charge in [0, 0.05) is 6.04 Å². The lowest BCUT2D eigenvalue weighted by Crippen LogP contribution is -2.28. The van der Waals surface area contributed by atoms with Crippen LogP contribution < -0.4 is 11.1 Å². The molecule has 0 aromatic heterocycles. The van der Waals surface area contributed by atoms with Gasteiger partial charge in [0.15, 0.2) is 0 Å². The molecule has 1 rings (SSSR count). The predicted octanol–water partition coefficient (Wildman–Crippen LogP) is 0.412. The minimum Gasteiger partial charge on any atom is -0.354 e. The first-order valence-corrected chi connectivity index (χ1v) is 4.11. The quantitative estimate of drug-likeness (QED) is 0.580. The van der Waals surface area contributed by atoms with Crippen LogP contribution in [0.4, 0.5) is 0 Å². The smallest absolute Gasteiger partial charge is 0.207 e. The molecule has 1 amide bonds. The second-order valence-corrected chi connectivity index (χ2v) is 3.13. The first-order valence-electron chi connectivity index (χ1n) is 4.11. The van der Waals surface area contributed by atoms with Crippen LogP contribution in [-0.2, 0) is 4.79 Å². The highest BCUT2D eigenvalue weighted by molar-refractivity contribution is 5.47. The van der Waals surface area contributed by atoms with E-state index in [4.69, 9.17) is 5.73 Å². The fraction of sp³-hybridized carbons (Fsp3) is 0.750. The Morgan fingerprint density at radius 1 is 1.27 bits per heavy atom. The van der Waals surface area contributed by atoms with Gasteiger partial charge in [-0.15, -0.1) is 0 Å². The van der Waals surface area contributed by atoms with E-state index in [1.807, 2.05) is 6.54 Å². The minimum atomic E-state index is 0.385. The van der Waals surface area contributed by atoms with Gasteiger partial charge in [0.25, 0.3) is 0 Å². The average molecular weight is 155 g/mol. The molecule has 3 N–H and O–H groups in total. The Bertz CT molecular complexity index is 119. The molecule has 0 atom stereocenters. The summed E-state index contributed by atoms with van der Waals surface area (Å²) < 4.78 is 0. The molecular weight excluding hydrogens is 140 g/mol. The average Bonchev–Trinajstić information content (AvgIpc) is 2.04. The van der Waals surface area contributed by atoms with Gasteiger partial charge >= 0.3 is 0 Å². The van der Waals surface area contributed by atoms with Gasteiger partial charge in [-0.05, 0) is 31.6 Å². The lowest BCUT2D eigenvalue weighted by molar-refractivity contribution is -0.109. The molecule has 1 saturated carbocycles. The predicted molar refractivity (Wildman–Crippen MR) is 43.4 cm³/mol. The van der Waals surface area contributed by atoms with Crippen LogP contribution >= 0.6 is 0 Å². The number of nitrogens with two attached hydrogens (primary N) is 1. The molecule has 1 fully saturated rings. The molecule has 63 valence electrons. The number of hydrogen-bond acceptors (Lipinski definition) is 2. The summed E-state index contributed by atoms with van der Waals surface area (Å²) in [5.41, 5.74) is 5.72. The Labute approximate surface area is 67.3 Å². The molecule has 0 heterocycles. The molecule has 0 unspecified atom stereocenters. The fourth-order valence-corrected chi connectivity index (χ4v) is 1.49. The van der Waals surface area contributed by atoms with Crippen molar-refractivity contribution in [2.45, 2.75) is 31.7 Å². The normalized spacial score (nSPS) is 31.4. The van der Waals surface area contributed by atoms with Crippen molar-refractivity contribution in [2.24, 2.45) is 11.7 Å². The Hall–Kier alpha value is -0.570. The molecule has 1 aliphatic rings. The SMILES string of the molecule is NC1CCC([CH]NC=O)CC1. The van der Waals surface area contributed by atoms with Crippen LogP contribution in [0.5, 0.6) is 0 Å². The standard InChI is InChI=1S/C8H15N2O/c9-8-3-1-7(2-4-8)5-10-6-11/h5-8H,1-4,9H2,(H,10,11). The highest BCUT2D eigenvalue weighted by Crippen LogP contribution is 2.23. The van der Waals surface area contributed by atoms with Gasteiger partial charge in [0.1, 0.15) is 0 Å². The summed E-state index contributed by atoms with van der Waals surface area (Å²) in [5.74, 6) is 0.542. The molecule has 0 aromatic rings. The Morgan fingerprint density at radius 3 is 2.45 bits per heavy atom. The number of nitrogens with one attached hydrogen (secondary N) is 1. The molecule has 0 aliphatic heterocycles. The van der Waals surface area contributed by atoms with Crippen molar-refractivity contribution in [3.05, 3.63) is 6.54 Å². The maximum absolute atomic E-state index is 9.94. The van der Waals surface area contributed by atoms with Crippen LogP contribution in [0.15, 0.2) is 0 Å². The van der Waals surface area contributed by atoms with E-state index in [9.17, 15) is 4.79 Å². The zero-order valence-electron chi connectivity index (χ0n) is 6.62. The molecule has 0 saturated heterocycles. The lowest BCUT2D eigenvalue weighted by Gasteiger charge is -2.24. The summed E-state index contributed by atoms with van der Waals surface area (Å²) in [5, 5.41) is 2.59. The molecule has 0 spiro atoms. The minimum absolute atomic E-state index is 0.385. The van der Waals surface area contributed by atoms with Crippen molar-refractivity contribution in [1.82, 2.24) is 5.32 Å². The van der Waals surface area contributed by atoms with Crippen LogP contribution in [0.1, 0.15) is 25.7 Å². The van der Waals surface area contributed by atoms with E-state index in [1.54, 1.807) is 0 Å². The van der Waals surface area contributed by atoms with Crippen molar-refractivity contribution < 1.29 is 4.79 Å². The number of rotatable bonds is 3. The zero-order chi connectivity index (χ0) is 8.10. The molecule has 3 nitrogen and oxygen atoms in total. The van der Waals surface area contributed by atoms with Crippen molar-refractivity contribution in [1.29, 1.82) is 0 Å². The van der Waals surface area contributed by atoms with Crippen LogP contribution in [0.3, 0.4) is 0 Å². The van der Waals surface area contributed by atoms with Gasteiger partial charge in [-0.1, -0.05) is 0 Å². The molecule has 1 aliphatic carbocycles. The van der Waals surface area contributed by atoms with E-state index >= 15 is 0 Å². The van der Waals surface area contributed by atoms with E-state index in [-0.39, 0.29) is 0 Å². The van der Waals surface area contributed by atoms with Gasteiger partial charge in [0.2, 0.25) is 6.41 Å². The summed E-state index contributed by atoms with van der Waals surface area (Å²) >= 11 is 0. The number of hydrogen-bond donors (Lipinski definition) is 2. The maximum atomic E-state index is 9.94. The van der Waals surface area contributed by atoms with Crippen LogP contribution in [0.2, 0.25) is 0 Å². The van der Waals surface area contributed by atoms with E-state index in [2.05, 4.69) is 5.32 Å². The number of carbonyl (C=O) groups excluding carboxylic acids is 1. The molecule has 11 heavy (non-hydrogen) atoms. The summed E-state index contributed by atoms with van der Waals surface area (Å²) in [4.78, 5) is 9.94. The van der Waals surface area contributed by atoms with Crippen LogP contribution in [0.25, 0.3) is 0 Å². The van der Waals surface area contributed by atoms with E-state index in [0.29, 0.717) is 18.4 Å². The Kier molecular flexibility index (Phi) is 3.36. The van der Waals surface area contributed by atoms with Crippen molar-refractivity contribution in [2.75, 3.05) is 0 Å². The maximum Gasteiger partial charge on any atom is 0.207 e. The van der Waals surface area contributed by atoms with Gasteiger partial charge in [-0.25, -0.2) is 0 Å². The second-order valence-electron chi connectivity index (χ2n) is 3.13. The summed E-state index contributed by atoms with van der Waals surface area (Å²) in [7, 11) is 0. The van der Waals surface area contributed by atoms with Gasteiger partial charge in [-0.3, -0.25) is 4.79 Å². The third-order valence-corrected chi connectivity index (χ3v) is 2.22. The highest BCUT2D eigenvalue weighted by atomic mass is 16.1. The fourth-order valence-electron chi connectivity index (χ4n) is 1.49. The van der Waals surface area contributed by atoms with Crippen molar-refractivity contribution in [3.8, 4) is 0 Å². The van der Waals surface area contributed by atoms with Gasteiger partial charge in [-0.2, -0.15) is 0 Å². The summed E-state index contributed by atoms with van der Waals surface area (Å²) in [6.45, 7) is 1.87. The highest BCUT2D eigenvalue weighted by Gasteiger charge is 2.17. The molecular formula is C8H15N2O. The third kappa shape index (κ3) is 2.89. The molecule has 1 radical (unpaired) electrons. The molecule has 0 aromatic carbocycles. The van der Waals surface area contributed by atoms with Crippen molar-refractivity contribution in [3.63, 3.8) is 0 Å². The van der Waals surface area contributed by atoms with Crippen LogP contribution in [0, 0.1) is 12.5 Å². The molecule has 0 bridgehead atoms. The van der Waals surface area contributed by atoms with E-state index in [1.165, 1.54) is 0 Å². The third-order valence-electron chi connectivity index (χ3n) is 2.22. The second kappa shape index (κ2) is 4.34. The number of carbonyl (C=O) groups is 1.